The summed E-state index contributed by atoms with van der Waals surface area (Å²) in [7, 11) is -3.50. The molecule has 80 valence electrons. The van der Waals surface area contributed by atoms with Gasteiger partial charge in [0.1, 0.15) is 5.21 Å². The summed E-state index contributed by atoms with van der Waals surface area (Å²) in [5, 5.41) is -0.496. The van der Waals surface area contributed by atoms with E-state index in [1.807, 2.05) is 12.1 Å². The van der Waals surface area contributed by atoms with Crippen molar-refractivity contribution in [3.63, 3.8) is 0 Å². The first-order valence-electron chi connectivity index (χ1n) is 4.12. The van der Waals surface area contributed by atoms with Crippen LogP contribution in [0.1, 0.15) is 0 Å². The van der Waals surface area contributed by atoms with Crippen LogP contribution in [-0.4, -0.2) is 23.6 Å². The number of rotatable bonds is 3. The third-order valence-corrected chi connectivity index (χ3v) is 3.44. The molecule has 0 saturated heterocycles. The van der Waals surface area contributed by atoms with Crippen LogP contribution < -0.4 is 4.72 Å². The molecular weight excluding hydrogens is 238 g/mol. The number of imidazole rings is 1. The van der Waals surface area contributed by atoms with Crippen molar-refractivity contribution in [3.05, 3.63) is 24.3 Å². The van der Waals surface area contributed by atoms with Gasteiger partial charge in [-0.2, -0.15) is 0 Å². The van der Waals surface area contributed by atoms with Gasteiger partial charge < -0.3 is 4.98 Å². The maximum Gasteiger partial charge on any atom is 0.249 e. The predicted molar refractivity (Wildman–Crippen MR) is 59.4 cm³/mol. The highest BCUT2D eigenvalue weighted by atomic mass is 35.5. The maximum absolute atomic E-state index is 11.1. The van der Waals surface area contributed by atoms with Crippen LogP contribution in [0.4, 0.5) is 5.95 Å². The number of aromatic amines is 1. The molecule has 0 aliphatic heterocycles. The van der Waals surface area contributed by atoms with Gasteiger partial charge in [0.2, 0.25) is 16.0 Å². The van der Waals surface area contributed by atoms with Gasteiger partial charge in [-0.15, -0.1) is 11.6 Å². The SMILES string of the molecule is O=S(=O)(CCl)Nc1nc2ccccc2[nH]1. The third-order valence-electron chi connectivity index (χ3n) is 1.79. The van der Waals surface area contributed by atoms with Gasteiger partial charge in [-0.1, -0.05) is 12.1 Å². The average Bonchev–Trinajstić information content (AvgIpc) is 2.58. The van der Waals surface area contributed by atoms with Crippen LogP contribution in [0.15, 0.2) is 24.3 Å². The summed E-state index contributed by atoms with van der Waals surface area (Å²) in [5.41, 5.74) is 1.47. The minimum atomic E-state index is -3.50. The summed E-state index contributed by atoms with van der Waals surface area (Å²) in [6, 6.07) is 7.24. The van der Waals surface area contributed by atoms with Gasteiger partial charge in [0.05, 0.1) is 11.0 Å². The average molecular weight is 246 g/mol. The molecule has 0 atom stereocenters. The molecular formula is C8H8ClN3O2S. The fourth-order valence-electron chi connectivity index (χ4n) is 1.18. The van der Waals surface area contributed by atoms with E-state index in [0.29, 0.717) is 5.52 Å². The second-order valence-corrected chi connectivity index (χ2v) is 5.23. The molecule has 0 unspecified atom stereocenters. The van der Waals surface area contributed by atoms with Gasteiger partial charge >= 0.3 is 0 Å². The van der Waals surface area contributed by atoms with Gasteiger partial charge in [0, 0.05) is 0 Å². The number of benzene rings is 1. The van der Waals surface area contributed by atoms with Gasteiger partial charge in [0.15, 0.2) is 0 Å². The molecule has 2 N–H and O–H groups in total. The number of anilines is 1. The van der Waals surface area contributed by atoms with Crippen LogP contribution >= 0.6 is 11.6 Å². The minimum absolute atomic E-state index is 0.178. The Kier molecular flexibility index (Phi) is 2.54. The molecule has 2 aromatic rings. The molecule has 15 heavy (non-hydrogen) atoms. The second-order valence-electron chi connectivity index (χ2n) is 2.93. The smallest absolute Gasteiger partial charge is 0.249 e. The van der Waals surface area contributed by atoms with Crippen LogP contribution in [0, 0.1) is 0 Å². The molecule has 0 radical (unpaired) electrons. The molecule has 1 aromatic carbocycles. The van der Waals surface area contributed by atoms with E-state index in [2.05, 4.69) is 14.7 Å². The van der Waals surface area contributed by atoms with E-state index in [4.69, 9.17) is 11.6 Å². The van der Waals surface area contributed by atoms with Gasteiger partial charge in [-0.25, -0.2) is 13.4 Å². The number of hydrogen-bond acceptors (Lipinski definition) is 3. The molecule has 1 aromatic heterocycles. The normalized spacial score (nSPS) is 11.8. The zero-order valence-electron chi connectivity index (χ0n) is 7.57. The molecule has 0 fully saturated rings. The number of alkyl halides is 1. The van der Waals surface area contributed by atoms with Crippen molar-refractivity contribution in [2.75, 3.05) is 9.93 Å². The largest absolute Gasteiger partial charge is 0.323 e. The van der Waals surface area contributed by atoms with Crippen molar-refractivity contribution in [2.24, 2.45) is 0 Å². The van der Waals surface area contributed by atoms with E-state index in [0.717, 1.165) is 5.52 Å². The molecule has 0 amide bonds. The number of sulfonamides is 1. The summed E-state index contributed by atoms with van der Waals surface area (Å²) < 4.78 is 24.5. The highest BCUT2D eigenvalue weighted by molar-refractivity contribution is 7.93. The van der Waals surface area contributed by atoms with Crippen molar-refractivity contribution in [3.8, 4) is 0 Å². The molecule has 1 heterocycles. The van der Waals surface area contributed by atoms with Crippen molar-refractivity contribution in [2.45, 2.75) is 0 Å². The predicted octanol–water partition coefficient (Wildman–Crippen LogP) is 1.50. The molecule has 2 rings (SSSR count). The third kappa shape index (κ3) is 2.21. The fourth-order valence-corrected chi connectivity index (χ4v) is 1.79. The lowest BCUT2D eigenvalue weighted by atomic mass is 10.3. The number of hydrogen-bond donors (Lipinski definition) is 2. The van der Waals surface area contributed by atoms with Crippen LogP contribution in [-0.2, 0) is 10.0 Å². The topological polar surface area (TPSA) is 74.8 Å². The summed E-state index contributed by atoms with van der Waals surface area (Å²) in [4.78, 5) is 6.87. The second kappa shape index (κ2) is 3.71. The Morgan fingerprint density at radius 1 is 1.40 bits per heavy atom. The Labute approximate surface area is 91.5 Å². The Bertz CT molecular complexity index is 545. The highest BCUT2D eigenvalue weighted by Gasteiger charge is 2.10. The van der Waals surface area contributed by atoms with Crippen LogP contribution in [0.3, 0.4) is 0 Å². The number of nitrogens with zero attached hydrogens (tertiary/aromatic N) is 1. The molecule has 0 aliphatic rings. The lowest BCUT2D eigenvalue weighted by Crippen LogP contribution is -2.14. The fraction of sp³-hybridized carbons (Fsp3) is 0.125. The van der Waals surface area contributed by atoms with Gasteiger partial charge in [-0.05, 0) is 12.1 Å². The minimum Gasteiger partial charge on any atom is -0.323 e. The lowest BCUT2D eigenvalue weighted by molar-refractivity contribution is 0.605. The number of para-hydroxylation sites is 2. The Hall–Kier alpha value is -1.27. The first kappa shape index (κ1) is 10.3. The zero-order valence-corrected chi connectivity index (χ0v) is 9.14. The molecule has 0 aliphatic carbocycles. The number of halogens is 1. The molecule has 5 nitrogen and oxygen atoms in total. The molecule has 0 spiro atoms. The van der Waals surface area contributed by atoms with E-state index in [1.54, 1.807) is 12.1 Å². The van der Waals surface area contributed by atoms with E-state index in [-0.39, 0.29) is 5.95 Å². The first-order valence-corrected chi connectivity index (χ1v) is 6.30. The quantitative estimate of drug-likeness (QED) is 0.805. The monoisotopic (exact) mass is 245 g/mol. The van der Waals surface area contributed by atoms with Crippen molar-refractivity contribution in [1.82, 2.24) is 9.97 Å². The number of fused-ring (bicyclic) bond motifs is 1. The standard InChI is InChI=1S/C8H8ClN3O2S/c9-5-15(13,14)12-8-10-6-3-1-2-4-7(6)11-8/h1-4H,5H2,(H2,10,11,12). The van der Waals surface area contributed by atoms with E-state index >= 15 is 0 Å². The van der Waals surface area contributed by atoms with Gasteiger partial charge in [0.25, 0.3) is 0 Å². The van der Waals surface area contributed by atoms with Crippen molar-refractivity contribution < 1.29 is 8.42 Å². The van der Waals surface area contributed by atoms with E-state index < -0.39 is 15.2 Å². The number of aromatic nitrogens is 2. The summed E-state index contributed by atoms with van der Waals surface area (Å²) in [5.74, 6) is 0.178. The maximum atomic E-state index is 11.1. The number of H-pyrrole nitrogens is 1. The summed E-state index contributed by atoms with van der Waals surface area (Å²) in [6.07, 6.45) is 0. The first-order chi connectivity index (χ1) is 7.11. The zero-order chi connectivity index (χ0) is 10.9. The Morgan fingerprint density at radius 2 is 2.13 bits per heavy atom. The van der Waals surface area contributed by atoms with E-state index in [9.17, 15) is 8.42 Å². The molecule has 0 saturated carbocycles. The van der Waals surface area contributed by atoms with Crippen LogP contribution in [0.2, 0.25) is 0 Å². The Balaban J connectivity index is 2.38. The van der Waals surface area contributed by atoms with Crippen molar-refractivity contribution >= 4 is 38.6 Å². The lowest BCUT2D eigenvalue weighted by Gasteiger charge is -1.99. The Morgan fingerprint density at radius 3 is 2.80 bits per heavy atom. The van der Waals surface area contributed by atoms with E-state index in [1.165, 1.54) is 0 Å². The van der Waals surface area contributed by atoms with Crippen LogP contribution in [0.25, 0.3) is 11.0 Å². The molecule has 0 bridgehead atoms. The summed E-state index contributed by atoms with van der Waals surface area (Å²) >= 11 is 5.25. The molecule has 7 heteroatoms. The highest BCUT2D eigenvalue weighted by Crippen LogP contribution is 2.14. The van der Waals surface area contributed by atoms with Gasteiger partial charge in [-0.3, -0.25) is 4.72 Å². The number of nitrogens with one attached hydrogen (secondary N) is 2. The van der Waals surface area contributed by atoms with Crippen molar-refractivity contribution in [1.29, 1.82) is 0 Å². The van der Waals surface area contributed by atoms with Crippen LogP contribution in [0.5, 0.6) is 0 Å². The summed E-state index contributed by atoms with van der Waals surface area (Å²) in [6.45, 7) is 0.